The fourth-order valence-corrected chi connectivity index (χ4v) is 4.07. The Morgan fingerprint density at radius 2 is 1.86 bits per heavy atom. The first-order valence-corrected chi connectivity index (χ1v) is 8.96. The summed E-state index contributed by atoms with van der Waals surface area (Å²) in [5.41, 5.74) is 1.11. The van der Waals surface area contributed by atoms with Gasteiger partial charge in [0, 0.05) is 17.1 Å². The highest BCUT2D eigenvalue weighted by atomic mass is 35.5. The van der Waals surface area contributed by atoms with E-state index in [1.165, 1.54) is 6.07 Å². The van der Waals surface area contributed by atoms with E-state index in [1.807, 2.05) is 33.8 Å². The quantitative estimate of drug-likeness (QED) is 0.786. The highest BCUT2D eigenvalue weighted by Gasteiger charge is 2.25. The normalized spacial score (nSPS) is 12.7. The molecule has 1 rings (SSSR count). The molecule has 0 fully saturated rings. The van der Waals surface area contributed by atoms with E-state index in [9.17, 15) is 8.42 Å². The van der Waals surface area contributed by atoms with Crippen molar-refractivity contribution < 1.29 is 8.42 Å². The predicted molar refractivity (Wildman–Crippen MR) is 88.3 cm³/mol. The van der Waals surface area contributed by atoms with Gasteiger partial charge in [-0.05, 0) is 63.9 Å². The number of nitrogens with one attached hydrogen (secondary N) is 2. The molecule has 0 saturated carbocycles. The Morgan fingerprint density at radius 3 is 2.38 bits per heavy atom. The molecule has 1 aromatic rings. The Hall–Kier alpha value is -0.620. The van der Waals surface area contributed by atoms with Gasteiger partial charge < -0.3 is 5.32 Å². The zero-order valence-corrected chi connectivity index (χ0v) is 15.0. The van der Waals surface area contributed by atoms with Gasteiger partial charge in [0.05, 0.1) is 4.90 Å². The highest BCUT2D eigenvalue weighted by Crippen LogP contribution is 2.25. The van der Waals surface area contributed by atoms with Crippen LogP contribution < -0.4 is 10.0 Å². The topological polar surface area (TPSA) is 58.2 Å². The van der Waals surface area contributed by atoms with Crippen molar-refractivity contribution in [3.05, 3.63) is 28.3 Å². The Morgan fingerprint density at radius 1 is 1.24 bits per heavy atom. The van der Waals surface area contributed by atoms with Crippen molar-refractivity contribution in [2.45, 2.75) is 58.0 Å². The minimum absolute atomic E-state index is 0.248. The van der Waals surface area contributed by atoms with E-state index in [0.29, 0.717) is 11.6 Å². The maximum absolute atomic E-state index is 12.5. The van der Waals surface area contributed by atoms with Crippen molar-refractivity contribution in [1.29, 1.82) is 0 Å². The number of sulfonamides is 1. The molecule has 0 amide bonds. The molecule has 0 aliphatic carbocycles. The van der Waals surface area contributed by atoms with Gasteiger partial charge >= 0.3 is 0 Å². The van der Waals surface area contributed by atoms with Crippen LogP contribution in [0, 0.1) is 6.92 Å². The zero-order valence-electron chi connectivity index (χ0n) is 13.4. The number of hydrogen-bond donors (Lipinski definition) is 2. The largest absolute Gasteiger partial charge is 0.313 e. The summed E-state index contributed by atoms with van der Waals surface area (Å²) in [6.45, 7) is 10.8. The molecule has 0 bridgehead atoms. The number of rotatable bonds is 6. The summed E-state index contributed by atoms with van der Waals surface area (Å²) in [6.07, 6.45) is 1.02. The third-order valence-corrected chi connectivity index (χ3v) is 5.01. The first-order valence-electron chi connectivity index (χ1n) is 7.10. The van der Waals surface area contributed by atoms with Gasteiger partial charge in [0.25, 0.3) is 0 Å². The molecule has 2 N–H and O–H groups in total. The lowest BCUT2D eigenvalue weighted by Gasteiger charge is -2.22. The Kier molecular flexibility index (Phi) is 6.23. The molecule has 0 radical (unpaired) electrons. The molecule has 0 saturated heterocycles. The molecular weight excluding hydrogens is 308 g/mol. The van der Waals surface area contributed by atoms with Crippen LogP contribution in [0.15, 0.2) is 17.0 Å². The van der Waals surface area contributed by atoms with Crippen LogP contribution in [0.4, 0.5) is 0 Å². The van der Waals surface area contributed by atoms with E-state index in [2.05, 4.69) is 17.0 Å². The SMILES string of the molecule is CCCNCc1cc(Cl)cc(S(=O)(=O)NC(C)(C)C)c1C. The highest BCUT2D eigenvalue weighted by molar-refractivity contribution is 7.89. The van der Waals surface area contributed by atoms with Gasteiger partial charge in [-0.3, -0.25) is 0 Å². The fourth-order valence-electron chi connectivity index (χ4n) is 2.03. The van der Waals surface area contributed by atoms with Gasteiger partial charge in [-0.25, -0.2) is 13.1 Å². The van der Waals surface area contributed by atoms with E-state index < -0.39 is 15.6 Å². The second kappa shape index (κ2) is 7.09. The molecule has 0 atom stereocenters. The molecular formula is C15H25ClN2O2S. The third-order valence-electron chi connectivity index (χ3n) is 2.90. The number of hydrogen-bond acceptors (Lipinski definition) is 3. The minimum atomic E-state index is -3.59. The molecule has 6 heteroatoms. The summed E-state index contributed by atoms with van der Waals surface area (Å²) in [6, 6.07) is 3.32. The van der Waals surface area contributed by atoms with Crippen LogP contribution in [-0.2, 0) is 16.6 Å². The lowest BCUT2D eigenvalue weighted by atomic mass is 10.1. The molecule has 0 heterocycles. The van der Waals surface area contributed by atoms with Gasteiger partial charge in [-0.1, -0.05) is 18.5 Å². The summed E-state index contributed by atoms with van der Waals surface area (Å²) in [5.74, 6) is 0. The summed E-state index contributed by atoms with van der Waals surface area (Å²) >= 11 is 6.09. The average molecular weight is 333 g/mol. The van der Waals surface area contributed by atoms with Crippen LogP contribution in [0.1, 0.15) is 45.2 Å². The van der Waals surface area contributed by atoms with E-state index in [1.54, 1.807) is 0 Å². The van der Waals surface area contributed by atoms with E-state index in [0.717, 1.165) is 24.1 Å². The van der Waals surface area contributed by atoms with E-state index in [4.69, 9.17) is 11.6 Å². The van der Waals surface area contributed by atoms with Crippen LogP contribution in [0.3, 0.4) is 0 Å². The maximum atomic E-state index is 12.5. The van der Waals surface area contributed by atoms with Crippen LogP contribution in [-0.4, -0.2) is 20.5 Å². The van der Waals surface area contributed by atoms with Crippen molar-refractivity contribution in [2.24, 2.45) is 0 Å². The van der Waals surface area contributed by atoms with Crippen molar-refractivity contribution in [3.8, 4) is 0 Å². The van der Waals surface area contributed by atoms with Crippen LogP contribution in [0.5, 0.6) is 0 Å². The van der Waals surface area contributed by atoms with Crippen LogP contribution in [0.25, 0.3) is 0 Å². The van der Waals surface area contributed by atoms with Crippen LogP contribution in [0.2, 0.25) is 5.02 Å². The first kappa shape index (κ1) is 18.4. The second-order valence-electron chi connectivity index (χ2n) is 6.22. The Bertz CT molecular complexity index is 592. The predicted octanol–water partition coefficient (Wildman–Crippen LogP) is 3.22. The second-order valence-corrected chi connectivity index (χ2v) is 8.31. The standard InChI is InChI=1S/C15H25ClN2O2S/c1-6-7-17-10-12-8-13(16)9-14(11(12)2)21(19,20)18-15(3,4)5/h8-9,17-18H,6-7,10H2,1-5H3. The zero-order chi connectivity index (χ0) is 16.3. The first-order chi connectivity index (χ1) is 9.57. The molecule has 120 valence electrons. The van der Waals surface area contributed by atoms with Crippen LogP contribution >= 0.6 is 11.6 Å². The molecule has 0 spiro atoms. The maximum Gasteiger partial charge on any atom is 0.241 e. The molecule has 21 heavy (non-hydrogen) atoms. The molecule has 1 aromatic carbocycles. The van der Waals surface area contributed by atoms with Gasteiger partial charge in [0.15, 0.2) is 0 Å². The van der Waals surface area contributed by atoms with Crippen molar-refractivity contribution in [1.82, 2.24) is 10.0 Å². The summed E-state index contributed by atoms with van der Waals surface area (Å²) in [4.78, 5) is 0.248. The van der Waals surface area contributed by atoms with Gasteiger partial charge in [-0.15, -0.1) is 0 Å². The average Bonchev–Trinajstić information content (AvgIpc) is 2.30. The van der Waals surface area contributed by atoms with Gasteiger partial charge in [0.2, 0.25) is 10.0 Å². The Labute approximate surface area is 133 Å². The molecule has 4 nitrogen and oxygen atoms in total. The monoisotopic (exact) mass is 332 g/mol. The van der Waals surface area contributed by atoms with E-state index >= 15 is 0 Å². The summed E-state index contributed by atoms with van der Waals surface area (Å²) in [5, 5.41) is 3.71. The smallest absolute Gasteiger partial charge is 0.241 e. The molecule has 0 unspecified atom stereocenters. The fraction of sp³-hybridized carbons (Fsp3) is 0.600. The minimum Gasteiger partial charge on any atom is -0.313 e. The van der Waals surface area contributed by atoms with Crippen molar-refractivity contribution in [2.75, 3.05) is 6.54 Å². The molecule has 0 aliphatic rings. The van der Waals surface area contributed by atoms with Crippen molar-refractivity contribution >= 4 is 21.6 Å². The molecule has 0 aliphatic heterocycles. The third kappa shape index (κ3) is 5.58. The lowest BCUT2D eigenvalue weighted by molar-refractivity contribution is 0.491. The number of benzene rings is 1. The number of halogens is 1. The molecule has 0 aromatic heterocycles. The van der Waals surface area contributed by atoms with Gasteiger partial charge in [-0.2, -0.15) is 0 Å². The van der Waals surface area contributed by atoms with Gasteiger partial charge in [0.1, 0.15) is 0 Å². The lowest BCUT2D eigenvalue weighted by Crippen LogP contribution is -2.40. The van der Waals surface area contributed by atoms with E-state index in [-0.39, 0.29) is 4.90 Å². The Balaban J connectivity index is 3.19. The van der Waals surface area contributed by atoms with Crippen molar-refractivity contribution in [3.63, 3.8) is 0 Å². The summed E-state index contributed by atoms with van der Waals surface area (Å²) < 4.78 is 27.7. The summed E-state index contributed by atoms with van der Waals surface area (Å²) in [7, 11) is -3.59.